The van der Waals surface area contributed by atoms with Gasteiger partial charge >= 0.3 is 0 Å². The number of amides is 2. The first kappa shape index (κ1) is 17.6. The van der Waals surface area contributed by atoms with E-state index in [0.29, 0.717) is 17.3 Å². The molecule has 0 bridgehead atoms. The number of hydrogen-bond donors (Lipinski definition) is 2. The first-order valence-corrected chi connectivity index (χ1v) is 8.21. The second-order valence-electron chi connectivity index (χ2n) is 5.38. The van der Waals surface area contributed by atoms with E-state index in [-0.39, 0.29) is 17.3 Å². The molecule has 2 N–H and O–H groups in total. The highest BCUT2D eigenvalue weighted by Crippen LogP contribution is 2.20. The highest BCUT2D eigenvalue weighted by atomic mass is 35.5. The summed E-state index contributed by atoms with van der Waals surface area (Å²) in [6, 6.07) is 15.2. The van der Waals surface area contributed by atoms with Crippen molar-refractivity contribution in [3.63, 3.8) is 0 Å². The van der Waals surface area contributed by atoms with Crippen LogP contribution in [0.15, 0.2) is 67.0 Å². The molecule has 0 saturated heterocycles. The number of carbonyl (C=O) groups is 2. The van der Waals surface area contributed by atoms with Gasteiger partial charge in [0.1, 0.15) is 11.4 Å². The molecule has 0 unspecified atom stereocenters. The van der Waals surface area contributed by atoms with Crippen LogP contribution in [0.3, 0.4) is 0 Å². The van der Waals surface area contributed by atoms with Crippen LogP contribution in [-0.2, 0) is 6.54 Å². The maximum atomic E-state index is 12.3. The summed E-state index contributed by atoms with van der Waals surface area (Å²) in [7, 11) is 0. The molecule has 0 aliphatic rings. The van der Waals surface area contributed by atoms with Crippen LogP contribution in [0.1, 0.15) is 26.5 Å². The summed E-state index contributed by atoms with van der Waals surface area (Å²) in [5.41, 5.74) is 1.68. The quantitative estimate of drug-likeness (QED) is 0.725. The minimum absolute atomic E-state index is 0.126. The molecule has 0 aliphatic carbocycles. The van der Waals surface area contributed by atoms with E-state index in [1.54, 1.807) is 60.9 Å². The number of nitrogens with zero attached hydrogens (tertiary/aromatic N) is 2. The summed E-state index contributed by atoms with van der Waals surface area (Å²) in [5.74, 6) is -0.809. The van der Waals surface area contributed by atoms with Gasteiger partial charge in [-0.15, -0.1) is 0 Å². The van der Waals surface area contributed by atoms with E-state index >= 15 is 0 Å². The smallest absolute Gasteiger partial charge is 0.274 e. The van der Waals surface area contributed by atoms with Gasteiger partial charge in [0.2, 0.25) is 0 Å². The standard InChI is InChI=1S/C19H15ClN4O2/c20-14-4-1-2-5-15(14)24-19(26)17-7-3-6-16(23-17)18(25)22-12-13-8-10-21-11-9-13/h1-11H,12H2,(H,22,25)(H,24,26). The Bertz CT molecular complexity index is 932. The minimum Gasteiger partial charge on any atom is -0.347 e. The highest BCUT2D eigenvalue weighted by molar-refractivity contribution is 6.33. The number of rotatable bonds is 5. The second kappa shape index (κ2) is 8.22. The summed E-state index contributed by atoms with van der Waals surface area (Å²) in [5, 5.41) is 5.86. The molecule has 0 saturated carbocycles. The summed E-state index contributed by atoms with van der Waals surface area (Å²) >= 11 is 6.03. The predicted octanol–water partition coefficient (Wildman–Crippen LogP) is 3.31. The van der Waals surface area contributed by atoms with Gasteiger partial charge in [-0.05, 0) is 42.0 Å². The number of para-hydroxylation sites is 1. The normalized spacial score (nSPS) is 10.2. The number of benzene rings is 1. The number of anilines is 1. The van der Waals surface area contributed by atoms with Crippen molar-refractivity contribution in [1.82, 2.24) is 15.3 Å². The molecule has 130 valence electrons. The summed E-state index contributed by atoms with van der Waals surface area (Å²) in [6.45, 7) is 0.346. The van der Waals surface area contributed by atoms with Crippen molar-refractivity contribution >= 4 is 29.1 Å². The van der Waals surface area contributed by atoms with Crippen molar-refractivity contribution in [3.8, 4) is 0 Å². The lowest BCUT2D eigenvalue weighted by molar-refractivity contribution is 0.0945. The Balaban J connectivity index is 1.68. The molecule has 1 aromatic carbocycles. The van der Waals surface area contributed by atoms with E-state index in [4.69, 9.17) is 11.6 Å². The van der Waals surface area contributed by atoms with Crippen LogP contribution >= 0.6 is 11.6 Å². The van der Waals surface area contributed by atoms with Crippen molar-refractivity contribution in [3.05, 3.63) is 89.0 Å². The van der Waals surface area contributed by atoms with Crippen LogP contribution in [0.2, 0.25) is 5.02 Å². The Morgan fingerprint density at radius 1 is 0.885 bits per heavy atom. The molecule has 26 heavy (non-hydrogen) atoms. The van der Waals surface area contributed by atoms with Gasteiger partial charge < -0.3 is 10.6 Å². The number of aromatic nitrogens is 2. The molecule has 3 rings (SSSR count). The van der Waals surface area contributed by atoms with Crippen LogP contribution in [0, 0.1) is 0 Å². The van der Waals surface area contributed by atoms with Gasteiger partial charge in [0.15, 0.2) is 0 Å². The molecule has 0 spiro atoms. The van der Waals surface area contributed by atoms with Crippen molar-refractivity contribution in [2.75, 3.05) is 5.32 Å². The largest absolute Gasteiger partial charge is 0.347 e. The Kier molecular flexibility index (Phi) is 5.56. The topological polar surface area (TPSA) is 84.0 Å². The van der Waals surface area contributed by atoms with Crippen LogP contribution < -0.4 is 10.6 Å². The molecule has 2 amide bonds. The number of carbonyl (C=O) groups excluding carboxylic acids is 2. The predicted molar refractivity (Wildman–Crippen MR) is 99.0 cm³/mol. The second-order valence-corrected chi connectivity index (χ2v) is 5.79. The number of nitrogens with one attached hydrogen (secondary N) is 2. The fraction of sp³-hybridized carbons (Fsp3) is 0.0526. The lowest BCUT2D eigenvalue weighted by Crippen LogP contribution is -2.25. The molecule has 0 radical (unpaired) electrons. The lowest BCUT2D eigenvalue weighted by Gasteiger charge is -2.08. The monoisotopic (exact) mass is 366 g/mol. The molecule has 7 heteroatoms. The van der Waals surface area contributed by atoms with Crippen molar-refractivity contribution in [2.24, 2.45) is 0 Å². The Morgan fingerprint density at radius 2 is 1.58 bits per heavy atom. The third kappa shape index (κ3) is 4.43. The molecule has 2 heterocycles. The third-order valence-electron chi connectivity index (χ3n) is 3.54. The Hall–Kier alpha value is -3.25. The molecular weight excluding hydrogens is 352 g/mol. The van der Waals surface area contributed by atoms with E-state index in [0.717, 1.165) is 5.56 Å². The van der Waals surface area contributed by atoms with Gasteiger partial charge in [-0.25, -0.2) is 4.98 Å². The maximum absolute atomic E-state index is 12.3. The molecule has 0 atom stereocenters. The van der Waals surface area contributed by atoms with Crippen LogP contribution in [0.25, 0.3) is 0 Å². The molecule has 2 aromatic heterocycles. The summed E-state index contributed by atoms with van der Waals surface area (Å²) in [6.07, 6.45) is 3.30. The van der Waals surface area contributed by atoms with E-state index in [2.05, 4.69) is 20.6 Å². The third-order valence-corrected chi connectivity index (χ3v) is 3.87. The van der Waals surface area contributed by atoms with Gasteiger partial charge in [0.25, 0.3) is 11.8 Å². The van der Waals surface area contributed by atoms with Crippen LogP contribution in [-0.4, -0.2) is 21.8 Å². The molecule has 0 fully saturated rings. The first-order valence-electron chi connectivity index (χ1n) is 7.83. The maximum Gasteiger partial charge on any atom is 0.274 e. The SMILES string of the molecule is O=C(NCc1ccncc1)c1cccc(C(=O)Nc2ccccc2Cl)n1. The fourth-order valence-electron chi connectivity index (χ4n) is 2.21. The Labute approximate surface area is 155 Å². The van der Waals surface area contributed by atoms with Crippen molar-refractivity contribution < 1.29 is 9.59 Å². The van der Waals surface area contributed by atoms with Crippen molar-refractivity contribution in [1.29, 1.82) is 0 Å². The number of pyridine rings is 2. The fourth-order valence-corrected chi connectivity index (χ4v) is 2.39. The van der Waals surface area contributed by atoms with Gasteiger partial charge in [-0.2, -0.15) is 0 Å². The van der Waals surface area contributed by atoms with Crippen molar-refractivity contribution in [2.45, 2.75) is 6.54 Å². The zero-order valence-corrected chi connectivity index (χ0v) is 14.4. The van der Waals surface area contributed by atoms with Crippen LogP contribution in [0.4, 0.5) is 5.69 Å². The zero-order chi connectivity index (χ0) is 18.4. The summed E-state index contributed by atoms with van der Waals surface area (Å²) in [4.78, 5) is 32.7. The van der Waals surface area contributed by atoms with E-state index in [9.17, 15) is 9.59 Å². The van der Waals surface area contributed by atoms with Gasteiger partial charge in [0, 0.05) is 18.9 Å². The molecule has 3 aromatic rings. The molecule has 6 nitrogen and oxygen atoms in total. The average molecular weight is 367 g/mol. The first-order chi connectivity index (χ1) is 12.6. The van der Waals surface area contributed by atoms with Gasteiger partial charge in [-0.3, -0.25) is 14.6 Å². The number of hydrogen-bond acceptors (Lipinski definition) is 4. The summed E-state index contributed by atoms with van der Waals surface area (Å²) < 4.78 is 0. The van der Waals surface area contributed by atoms with Crippen LogP contribution in [0.5, 0.6) is 0 Å². The van der Waals surface area contributed by atoms with Gasteiger partial charge in [0.05, 0.1) is 10.7 Å². The average Bonchev–Trinajstić information content (AvgIpc) is 2.69. The Morgan fingerprint density at radius 3 is 2.31 bits per heavy atom. The van der Waals surface area contributed by atoms with Gasteiger partial charge in [-0.1, -0.05) is 29.8 Å². The molecular formula is C19H15ClN4O2. The van der Waals surface area contributed by atoms with E-state index in [1.807, 2.05) is 0 Å². The zero-order valence-electron chi connectivity index (χ0n) is 13.6. The van der Waals surface area contributed by atoms with E-state index in [1.165, 1.54) is 6.07 Å². The lowest BCUT2D eigenvalue weighted by atomic mass is 10.2. The molecule has 0 aliphatic heterocycles. The van der Waals surface area contributed by atoms with E-state index < -0.39 is 5.91 Å². The highest BCUT2D eigenvalue weighted by Gasteiger charge is 2.13. The number of halogens is 1. The minimum atomic E-state index is -0.443.